The van der Waals surface area contributed by atoms with Crippen molar-refractivity contribution in [2.75, 3.05) is 13.1 Å². The zero-order valence-corrected chi connectivity index (χ0v) is 10.4. The van der Waals surface area contributed by atoms with Gasteiger partial charge in [0.1, 0.15) is 0 Å². The van der Waals surface area contributed by atoms with Gasteiger partial charge in [-0.15, -0.1) is 0 Å². The topological polar surface area (TPSA) is 58.4 Å². The highest BCUT2D eigenvalue weighted by atomic mass is 16.5. The molecule has 1 aromatic heterocycles. The van der Waals surface area contributed by atoms with Crippen molar-refractivity contribution in [2.24, 2.45) is 5.92 Å². The average Bonchev–Trinajstić information content (AvgIpc) is 2.73. The first-order valence-electron chi connectivity index (χ1n) is 6.10. The Morgan fingerprint density at radius 1 is 1.59 bits per heavy atom. The van der Waals surface area contributed by atoms with Crippen molar-refractivity contribution in [3.63, 3.8) is 0 Å². The number of amides is 2. The van der Waals surface area contributed by atoms with Crippen LogP contribution in [0.25, 0.3) is 0 Å². The number of urea groups is 1. The van der Waals surface area contributed by atoms with Gasteiger partial charge in [-0.25, -0.2) is 4.79 Å². The minimum absolute atomic E-state index is 0.00838. The Morgan fingerprint density at radius 2 is 2.29 bits per heavy atom. The van der Waals surface area contributed by atoms with E-state index in [1.165, 1.54) is 0 Å². The molecule has 5 heteroatoms. The molecule has 1 saturated heterocycles. The predicted molar refractivity (Wildman–Crippen MR) is 63.4 cm³/mol. The van der Waals surface area contributed by atoms with E-state index < -0.39 is 0 Å². The second-order valence-electron chi connectivity index (χ2n) is 4.76. The Balaban J connectivity index is 1.77. The molecule has 1 aromatic rings. The Kier molecular flexibility index (Phi) is 3.66. The minimum Gasteiger partial charge on any atom is -0.359 e. The number of aryl methyl sites for hydroxylation is 1. The molecule has 0 unspecified atom stereocenters. The third-order valence-corrected chi connectivity index (χ3v) is 3.16. The van der Waals surface area contributed by atoms with Gasteiger partial charge in [0, 0.05) is 19.2 Å². The van der Waals surface area contributed by atoms with Gasteiger partial charge in [0.25, 0.3) is 0 Å². The molecule has 0 spiro atoms. The molecule has 0 atom stereocenters. The fourth-order valence-electron chi connectivity index (χ4n) is 1.99. The Bertz CT molecular complexity index is 381. The van der Waals surface area contributed by atoms with Crippen LogP contribution in [0.1, 0.15) is 31.2 Å². The van der Waals surface area contributed by atoms with Crippen LogP contribution in [0.15, 0.2) is 10.6 Å². The quantitative estimate of drug-likeness (QED) is 0.855. The summed E-state index contributed by atoms with van der Waals surface area (Å²) in [5.41, 5.74) is 0.834. The Labute approximate surface area is 101 Å². The van der Waals surface area contributed by atoms with E-state index in [9.17, 15) is 4.79 Å². The van der Waals surface area contributed by atoms with E-state index in [4.69, 9.17) is 4.52 Å². The highest BCUT2D eigenvalue weighted by Gasteiger charge is 2.20. The van der Waals surface area contributed by atoms with E-state index in [0.717, 1.165) is 37.5 Å². The van der Waals surface area contributed by atoms with Crippen molar-refractivity contribution in [3.8, 4) is 0 Å². The van der Waals surface area contributed by atoms with Crippen LogP contribution in [0.3, 0.4) is 0 Å². The summed E-state index contributed by atoms with van der Waals surface area (Å²) in [7, 11) is 0. The van der Waals surface area contributed by atoms with Gasteiger partial charge in [0.05, 0.1) is 12.2 Å². The summed E-state index contributed by atoms with van der Waals surface area (Å²) >= 11 is 0. The summed E-state index contributed by atoms with van der Waals surface area (Å²) in [5, 5.41) is 6.63. The zero-order valence-electron chi connectivity index (χ0n) is 10.4. The van der Waals surface area contributed by atoms with Gasteiger partial charge in [-0.3, -0.25) is 0 Å². The van der Waals surface area contributed by atoms with Crippen LogP contribution in [0.5, 0.6) is 0 Å². The van der Waals surface area contributed by atoms with Crippen LogP contribution in [0.4, 0.5) is 4.79 Å². The van der Waals surface area contributed by atoms with Gasteiger partial charge < -0.3 is 14.7 Å². The number of hydrogen-bond acceptors (Lipinski definition) is 3. The van der Waals surface area contributed by atoms with E-state index in [-0.39, 0.29) is 6.03 Å². The van der Waals surface area contributed by atoms with Crippen molar-refractivity contribution >= 4 is 6.03 Å². The van der Waals surface area contributed by atoms with Crippen LogP contribution in [-0.2, 0) is 6.54 Å². The van der Waals surface area contributed by atoms with E-state index in [1.807, 2.05) is 17.9 Å². The number of carbonyl (C=O) groups excluding carboxylic acids is 1. The van der Waals surface area contributed by atoms with Gasteiger partial charge in [-0.1, -0.05) is 12.1 Å². The second-order valence-corrected chi connectivity index (χ2v) is 4.76. The summed E-state index contributed by atoms with van der Waals surface area (Å²) in [6, 6.07) is 1.82. The number of nitrogens with one attached hydrogen (secondary N) is 1. The third kappa shape index (κ3) is 3.22. The maximum absolute atomic E-state index is 11.8. The summed E-state index contributed by atoms with van der Waals surface area (Å²) in [6.45, 7) is 6.20. The van der Waals surface area contributed by atoms with Crippen LogP contribution in [0, 0.1) is 12.8 Å². The normalized spacial score (nSPS) is 17.2. The number of aromatic nitrogens is 1. The van der Waals surface area contributed by atoms with E-state index in [2.05, 4.69) is 17.4 Å². The SMILES string of the molecule is Cc1cc(CNC(=O)N2CCC(C)CC2)on1. The lowest BCUT2D eigenvalue weighted by atomic mass is 10.00. The van der Waals surface area contributed by atoms with Crippen molar-refractivity contribution < 1.29 is 9.32 Å². The summed E-state index contributed by atoms with van der Waals surface area (Å²) < 4.78 is 5.04. The molecule has 5 nitrogen and oxygen atoms in total. The predicted octanol–water partition coefficient (Wildman–Crippen LogP) is 1.92. The van der Waals surface area contributed by atoms with Crippen molar-refractivity contribution in [1.29, 1.82) is 0 Å². The van der Waals surface area contributed by atoms with Gasteiger partial charge in [0.2, 0.25) is 0 Å². The van der Waals surface area contributed by atoms with E-state index in [0.29, 0.717) is 12.3 Å². The first-order valence-corrected chi connectivity index (χ1v) is 6.10. The number of nitrogens with zero attached hydrogens (tertiary/aromatic N) is 2. The van der Waals surface area contributed by atoms with Crippen LogP contribution in [0.2, 0.25) is 0 Å². The fraction of sp³-hybridized carbons (Fsp3) is 0.667. The number of likely N-dealkylation sites (tertiary alicyclic amines) is 1. The molecule has 0 saturated carbocycles. The molecule has 2 amide bonds. The number of hydrogen-bond donors (Lipinski definition) is 1. The maximum atomic E-state index is 11.8. The highest BCUT2D eigenvalue weighted by molar-refractivity contribution is 5.74. The number of carbonyl (C=O) groups is 1. The van der Waals surface area contributed by atoms with Crippen molar-refractivity contribution in [1.82, 2.24) is 15.4 Å². The Morgan fingerprint density at radius 3 is 2.88 bits per heavy atom. The summed E-state index contributed by atoms with van der Waals surface area (Å²) in [6.07, 6.45) is 2.18. The highest BCUT2D eigenvalue weighted by Crippen LogP contribution is 2.15. The summed E-state index contributed by atoms with van der Waals surface area (Å²) in [5.74, 6) is 1.43. The molecule has 1 N–H and O–H groups in total. The molecule has 94 valence electrons. The lowest BCUT2D eigenvalue weighted by molar-refractivity contribution is 0.172. The van der Waals surface area contributed by atoms with Gasteiger partial charge >= 0.3 is 6.03 Å². The van der Waals surface area contributed by atoms with Gasteiger partial charge in [-0.2, -0.15) is 0 Å². The average molecular weight is 237 g/mol. The summed E-state index contributed by atoms with van der Waals surface area (Å²) in [4.78, 5) is 13.7. The molecular weight excluding hydrogens is 218 g/mol. The Hall–Kier alpha value is -1.52. The first-order chi connectivity index (χ1) is 8.15. The molecule has 1 fully saturated rings. The number of piperidine rings is 1. The van der Waals surface area contributed by atoms with Crippen molar-refractivity contribution in [2.45, 2.75) is 33.2 Å². The fourth-order valence-corrected chi connectivity index (χ4v) is 1.99. The standard InChI is InChI=1S/C12H19N3O2/c1-9-3-5-15(6-4-9)12(16)13-8-11-7-10(2)14-17-11/h7,9H,3-6,8H2,1-2H3,(H,13,16). The lowest BCUT2D eigenvalue weighted by Gasteiger charge is -2.30. The van der Waals surface area contributed by atoms with E-state index >= 15 is 0 Å². The molecule has 17 heavy (non-hydrogen) atoms. The largest absolute Gasteiger partial charge is 0.359 e. The van der Waals surface area contributed by atoms with Gasteiger partial charge in [-0.05, 0) is 25.7 Å². The number of rotatable bonds is 2. The molecule has 2 heterocycles. The molecule has 0 radical (unpaired) electrons. The van der Waals surface area contributed by atoms with Crippen molar-refractivity contribution in [3.05, 3.63) is 17.5 Å². The van der Waals surface area contributed by atoms with Gasteiger partial charge in [0.15, 0.2) is 5.76 Å². The van der Waals surface area contributed by atoms with Crippen LogP contribution >= 0.6 is 0 Å². The molecule has 0 bridgehead atoms. The van der Waals surface area contributed by atoms with E-state index in [1.54, 1.807) is 0 Å². The molecule has 1 aliphatic heterocycles. The molecule has 1 aliphatic rings. The molecule has 2 rings (SSSR count). The molecule has 0 aliphatic carbocycles. The zero-order chi connectivity index (χ0) is 12.3. The molecule has 0 aromatic carbocycles. The lowest BCUT2D eigenvalue weighted by Crippen LogP contribution is -2.43. The first kappa shape index (κ1) is 12.0. The second kappa shape index (κ2) is 5.21. The monoisotopic (exact) mass is 237 g/mol. The third-order valence-electron chi connectivity index (χ3n) is 3.16. The molecular formula is C12H19N3O2. The van der Waals surface area contributed by atoms with Crippen LogP contribution in [-0.4, -0.2) is 29.2 Å². The van der Waals surface area contributed by atoms with Crippen LogP contribution < -0.4 is 5.32 Å². The minimum atomic E-state index is -0.00838. The maximum Gasteiger partial charge on any atom is 0.317 e. The smallest absolute Gasteiger partial charge is 0.317 e.